The molecule has 0 aliphatic carbocycles. The third kappa shape index (κ3) is 16.0. The summed E-state index contributed by atoms with van der Waals surface area (Å²) in [6, 6.07) is 3.75. The van der Waals surface area contributed by atoms with Crippen LogP contribution in [-0.2, 0) is 11.3 Å². The zero-order valence-corrected chi connectivity index (χ0v) is 11.5. The van der Waals surface area contributed by atoms with Crippen molar-refractivity contribution < 1.29 is 9.15 Å². The Morgan fingerprint density at radius 3 is 1.93 bits per heavy atom. The Kier molecular flexibility index (Phi) is 30.6. The van der Waals surface area contributed by atoms with Gasteiger partial charge in [0.1, 0.15) is 12.4 Å². The van der Waals surface area contributed by atoms with E-state index in [1.165, 1.54) is 0 Å². The minimum absolute atomic E-state index is 0.587. The average Bonchev–Trinajstić information content (AvgIpc) is 2.87. The highest BCUT2D eigenvalue weighted by Crippen LogP contribution is 2.00. The van der Waals surface area contributed by atoms with Gasteiger partial charge in [-0.2, -0.15) is 0 Å². The molecule has 2 nitrogen and oxygen atoms in total. The molecule has 0 saturated heterocycles. The molecule has 15 heavy (non-hydrogen) atoms. The first-order valence-electron chi connectivity index (χ1n) is 6.03. The predicted octanol–water partition coefficient (Wildman–Crippen LogP) is 4.89. The van der Waals surface area contributed by atoms with Crippen LogP contribution in [0.5, 0.6) is 0 Å². The summed E-state index contributed by atoms with van der Waals surface area (Å²) in [6.45, 7) is 15.3. The summed E-state index contributed by atoms with van der Waals surface area (Å²) in [5.41, 5.74) is 0. The van der Waals surface area contributed by atoms with Crippen LogP contribution in [0.3, 0.4) is 0 Å². The molecule has 1 aromatic heterocycles. The van der Waals surface area contributed by atoms with Crippen LogP contribution in [0.1, 0.15) is 54.2 Å². The van der Waals surface area contributed by atoms with E-state index in [-0.39, 0.29) is 0 Å². The molecule has 0 unspecified atom stereocenters. The minimum Gasteiger partial charge on any atom is -0.467 e. The van der Waals surface area contributed by atoms with E-state index in [1.54, 1.807) is 6.26 Å². The third-order valence-corrected chi connectivity index (χ3v) is 1.03. The van der Waals surface area contributed by atoms with Crippen molar-refractivity contribution in [2.24, 2.45) is 0 Å². The maximum Gasteiger partial charge on any atom is 0.129 e. The average molecular weight is 216 g/mol. The van der Waals surface area contributed by atoms with Crippen molar-refractivity contribution in [3.8, 4) is 0 Å². The molecule has 0 aromatic carbocycles. The fourth-order valence-corrected chi connectivity index (χ4v) is 0.597. The lowest BCUT2D eigenvalue weighted by atomic mass is 10.5. The van der Waals surface area contributed by atoms with Gasteiger partial charge in [-0.15, -0.1) is 0 Å². The van der Waals surface area contributed by atoms with Crippen molar-refractivity contribution in [3.63, 3.8) is 0 Å². The van der Waals surface area contributed by atoms with E-state index in [0.717, 1.165) is 12.4 Å². The SMILES string of the molecule is CC.CC.CC.CCOCc1ccco1. The van der Waals surface area contributed by atoms with Crippen molar-refractivity contribution in [2.45, 2.75) is 55.1 Å². The lowest BCUT2D eigenvalue weighted by Gasteiger charge is -1.93. The molecule has 0 spiro atoms. The Morgan fingerprint density at radius 2 is 1.60 bits per heavy atom. The Bertz CT molecular complexity index is 146. The molecule has 0 saturated carbocycles. The molecule has 1 heterocycles. The highest BCUT2D eigenvalue weighted by Gasteiger charge is 1.91. The van der Waals surface area contributed by atoms with Gasteiger partial charge in [-0.1, -0.05) is 41.5 Å². The van der Waals surface area contributed by atoms with Crippen LogP contribution in [-0.4, -0.2) is 6.61 Å². The smallest absolute Gasteiger partial charge is 0.129 e. The molecule has 0 aliphatic rings. The highest BCUT2D eigenvalue weighted by atomic mass is 16.5. The van der Waals surface area contributed by atoms with Gasteiger partial charge in [-0.25, -0.2) is 0 Å². The fraction of sp³-hybridized carbons (Fsp3) is 0.692. The molecule has 0 fully saturated rings. The van der Waals surface area contributed by atoms with Gasteiger partial charge < -0.3 is 9.15 Å². The summed E-state index contributed by atoms with van der Waals surface area (Å²) in [5.74, 6) is 0.886. The zero-order chi connectivity index (χ0) is 12.5. The number of hydrogen-bond donors (Lipinski definition) is 0. The molecule has 1 aromatic rings. The van der Waals surface area contributed by atoms with Crippen molar-refractivity contribution in [1.82, 2.24) is 0 Å². The first-order valence-corrected chi connectivity index (χ1v) is 6.03. The van der Waals surface area contributed by atoms with E-state index in [4.69, 9.17) is 9.15 Å². The molecule has 2 heteroatoms. The summed E-state index contributed by atoms with van der Waals surface area (Å²) >= 11 is 0. The summed E-state index contributed by atoms with van der Waals surface area (Å²) in [6.07, 6.45) is 1.65. The van der Waals surface area contributed by atoms with E-state index in [0.29, 0.717) is 6.61 Å². The highest BCUT2D eigenvalue weighted by molar-refractivity contribution is 4.95. The van der Waals surface area contributed by atoms with E-state index in [2.05, 4.69) is 0 Å². The van der Waals surface area contributed by atoms with Crippen molar-refractivity contribution in [1.29, 1.82) is 0 Å². The Balaban J connectivity index is -0.000000208. The molecule has 0 N–H and O–H groups in total. The largest absolute Gasteiger partial charge is 0.467 e. The topological polar surface area (TPSA) is 22.4 Å². The van der Waals surface area contributed by atoms with E-state index >= 15 is 0 Å². The van der Waals surface area contributed by atoms with Crippen LogP contribution < -0.4 is 0 Å². The van der Waals surface area contributed by atoms with Crippen molar-refractivity contribution >= 4 is 0 Å². The number of rotatable bonds is 3. The maximum atomic E-state index is 5.08. The second-order valence-electron chi connectivity index (χ2n) is 1.72. The van der Waals surface area contributed by atoms with Gasteiger partial charge in [0.2, 0.25) is 0 Å². The van der Waals surface area contributed by atoms with Crippen LogP contribution in [0, 0.1) is 0 Å². The summed E-state index contributed by atoms with van der Waals surface area (Å²) < 4.78 is 10.1. The summed E-state index contributed by atoms with van der Waals surface area (Å²) in [5, 5.41) is 0. The van der Waals surface area contributed by atoms with Crippen LogP contribution >= 0.6 is 0 Å². The number of hydrogen-bond acceptors (Lipinski definition) is 2. The summed E-state index contributed by atoms with van der Waals surface area (Å²) in [4.78, 5) is 0. The molecule has 1 rings (SSSR count). The fourth-order valence-electron chi connectivity index (χ4n) is 0.597. The van der Waals surface area contributed by atoms with Crippen LogP contribution in [0.15, 0.2) is 22.8 Å². The van der Waals surface area contributed by atoms with Gasteiger partial charge >= 0.3 is 0 Å². The molecule has 0 amide bonds. The Morgan fingerprint density at radius 1 is 1.07 bits per heavy atom. The second-order valence-corrected chi connectivity index (χ2v) is 1.72. The Labute approximate surface area is 95.6 Å². The molecule has 0 radical (unpaired) electrons. The molecule has 92 valence electrons. The maximum absolute atomic E-state index is 5.08. The minimum atomic E-state index is 0.587. The Hall–Kier alpha value is -0.760. The lowest BCUT2D eigenvalue weighted by molar-refractivity contribution is 0.118. The quantitative estimate of drug-likeness (QED) is 0.717. The van der Waals surface area contributed by atoms with Gasteiger partial charge in [0.15, 0.2) is 0 Å². The first-order chi connectivity index (χ1) is 7.43. The normalized spacial score (nSPS) is 7.13. The van der Waals surface area contributed by atoms with Crippen LogP contribution in [0.4, 0.5) is 0 Å². The van der Waals surface area contributed by atoms with E-state index in [1.807, 2.05) is 60.6 Å². The number of furan rings is 1. The van der Waals surface area contributed by atoms with E-state index in [9.17, 15) is 0 Å². The van der Waals surface area contributed by atoms with Gasteiger partial charge in [0.25, 0.3) is 0 Å². The van der Waals surface area contributed by atoms with Crippen LogP contribution in [0.2, 0.25) is 0 Å². The first kappa shape index (κ1) is 19.8. The van der Waals surface area contributed by atoms with Gasteiger partial charge in [-0.3, -0.25) is 0 Å². The molecule has 0 atom stereocenters. The standard InChI is InChI=1S/C7H10O2.3C2H6/c1-2-8-6-7-4-3-5-9-7;3*1-2/h3-5H,2,6H2,1H3;3*1-2H3. The predicted molar refractivity (Wildman–Crippen MR) is 68.1 cm³/mol. The lowest BCUT2D eigenvalue weighted by Crippen LogP contribution is -1.88. The van der Waals surface area contributed by atoms with Crippen molar-refractivity contribution in [2.75, 3.05) is 6.61 Å². The van der Waals surface area contributed by atoms with Gasteiger partial charge in [-0.05, 0) is 19.1 Å². The molecule has 0 aliphatic heterocycles. The molecular formula is C13H28O2. The third-order valence-electron chi connectivity index (χ3n) is 1.03. The monoisotopic (exact) mass is 216 g/mol. The second kappa shape index (κ2) is 23.2. The van der Waals surface area contributed by atoms with Crippen molar-refractivity contribution in [3.05, 3.63) is 24.2 Å². The summed E-state index contributed by atoms with van der Waals surface area (Å²) in [7, 11) is 0. The van der Waals surface area contributed by atoms with Gasteiger partial charge in [0, 0.05) is 6.61 Å². The van der Waals surface area contributed by atoms with E-state index < -0.39 is 0 Å². The molecular weight excluding hydrogens is 188 g/mol. The number of ether oxygens (including phenoxy) is 1. The van der Waals surface area contributed by atoms with Crippen LogP contribution in [0.25, 0.3) is 0 Å². The zero-order valence-electron chi connectivity index (χ0n) is 11.5. The molecule has 0 bridgehead atoms. The van der Waals surface area contributed by atoms with Gasteiger partial charge in [0.05, 0.1) is 6.26 Å².